The molecule has 0 radical (unpaired) electrons. The molecule has 0 unspecified atom stereocenters. The molecule has 3 rings (SSSR count). The molecule has 1 amide bonds. The molecule has 2 aromatic heterocycles. The van der Waals surface area contributed by atoms with Crippen LogP contribution in [0.4, 0.5) is 5.69 Å². The largest absolute Gasteiger partial charge is 0.342 e. The Morgan fingerprint density at radius 1 is 1.15 bits per heavy atom. The summed E-state index contributed by atoms with van der Waals surface area (Å²) >= 11 is 0. The summed E-state index contributed by atoms with van der Waals surface area (Å²) in [5, 5.41) is 3.96. The molecule has 2 heterocycles. The van der Waals surface area contributed by atoms with Gasteiger partial charge in [0.25, 0.3) is 0 Å². The Balaban J connectivity index is 1.88. The number of hydrogen-bond acceptors (Lipinski definition) is 2. The van der Waals surface area contributed by atoms with E-state index >= 15 is 0 Å². The molecule has 0 saturated carbocycles. The van der Waals surface area contributed by atoms with Gasteiger partial charge in [-0.1, -0.05) is 18.2 Å². The van der Waals surface area contributed by atoms with Gasteiger partial charge < -0.3 is 9.88 Å². The molecule has 0 bridgehead atoms. The zero-order valence-corrected chi connectivity index (χ0v) is 11.2. The SMILES string of the molecule is C[C@H](C(=O)Nc1cccc2cccnc12)n1cccc1. The Bertz CT molecular complexity index is 729. The molecular formula is C16H15N3O. The molecule has 4 heteroatoms. The minimum absolute atomic E-state index is 0.0562. The molecule has 3 aromatic rings. The summed E-state index contributed by atoms with van der Waals surface area (Å²) < 4.78 is 1.87. The minimum Gasteiger partial charge on any atom is -0.342 e. The van der Waals surface area contributed by atoms with E-state index in [1.165, 1.54) is 0 Å². The van der Waals surface area contributed by atoms with E-state index in [0.717, 1.165) is 16.6 Å². The number of benzene rings is 1. The molecule has 100 valence electrons. The van der Waals surface area contributed by atoms with E-state index in [9.17, 15) is 4.79 Å². The van der Waals surface area contributed by atoms with Crippen LogP contribution in [-0.2, 0) is 4.79 Å². The molecule has 1 aromatic carbocycles. The van der Waals surface area contributed by atoms with Crippen molar-refractivity contribution in [1.82, 2.24) is 9.55 Å². The Morgan fingerprint density at radius 3 is 2.70 bits per heavy atom. The van der Waals surface area contributed by atoms with Crippen molar-refractivity contribution in [3.05, 3.63) is 61.1 Å². The summed E-state index contributed by atoms with van der Waals surface area (Å²) in [7, 11) is 0. The number of carbonyl (C=O) groups is 1. The molecule has 0 saturated heterocycles. The third-order valence-electron chi connectivity index (χ3n) is 3.34. The van der Waals surface area contributed by atoms with Gasteiger partial charge in [-0.2, -0.15) is 0 Å². The van der Waals surface area contributed by atoms with Gasteiger partial charge in [0.1, 0.15) is 6.04 Å². The first-order valence-electron chi connectivity index (χ1n) is 6.53. The van der Waals surface area contributed by atoms with E-state index in [-0.39, 0.29) is 11.9 Å². The number of anilines is 1. The first-order chi connectivity index (χ1) is 9.75. The van der Waals surface area contributed by atoms with Crippen LogP contribution >= 0.6 is 0 Å². The van der Waals surface area contributed by atoms with E-state index in [1.54, 1.807) is 6.20 Å². The topological polar surface area (TPSA) is 46.9 Å². The number of nitrogens with zero attached hydrogens (tertiary/aromatic N) is 2. The minimum atomic E-state index is -0.260. The van der Waals surface area contributed by atoms with Gasteiger partial charge in [-0.3, -0.25) is 9.78 Å². The van der Waals surface area contributed by atoms with E-state index in [4.69, 9.17) is 0 Å². The van der Waals surface area contributed by atoms with Crippen LogP contribution in [0.3, 0.4) is 0 Å². The summed E-state index contributed by atoms with van der Waals surface area (Å²) in [6.07, 6.45) is 5.49. The average Bonchev–Trinajstić information content (AvgIpc) is 3.01. The van der Waals surface area contributed by atoms with Gasteiger partial charge in [-0.05, 0) is 31.2 Å². The highest BCUT2D eigenvalue weighted by atomic mass is 16.2. The summed E-state index contributed by atoms with van der Waals surface area (Å²) in [5.41, 5.74) is 1.55. The van der Waals surface area contributed by atoms with Crippen LogP contribution in [-0.4, -0.2) is 15.5 Å². The van der Waals surface area contributed by atoms with Crippen LogP contribution < -0.4 is 5.32 Å². The van der Waals surface area contributed by atoms with Gasteiger partial charge in [0.2, 0.25) is 5.91 Å². The normalized spacial score (nSPS) is 12.2. The maximum atomic E-state index is 12.3. The number of aromatic nitrogens is 2. The first kappa shape index (κ1) is 12.4. The Hall–Kier alpha value is -2.62. The number of pyridine rings is 1. The van der Waals surface area contributed by atoms with E-state index < -0.39 is 0 Å². The number of rotatable bonds is 3. The van der Waals surface area contributed by atoms with Gasteiger partial charge in [0.05, 0.1) is 11.2 Å². The molecule has 1 N–H and O–H groups in total. The highest BCUT2D eigenvalue weighted by Crippen LogP contribution is 2.21. The zero-order valence-electron chi connectivity index (χ0n) is 11.2. The van der Waals surface area contributed by atoms with Crippen molar-refractivity contribution in [1.29, 1.82) is 0 Å². The number of fused-ring (bicyclic) bond motifs is 1. The summed E-state index contributed by atoms with van der Waals surface area (Å²) in [6, 6.07) is 13.2. The lowest BCUT2D eigenvalue weighted by Crippen LogP contribution is -2.22. The fourth-order valence-corrected chi connectivity index (χ4v) is 2.18. The molecule has 0 aliphatic rings. The predicted molar refractivity (Wildman–Crippen MR) is 79.5 cm³/mol. The Kier molecular flexibility index (Phi) is 3.21. The second-order valence-electron chi connectivity index (χ2n) is 4.68. The second-order valence-corrected chi connectivity index (χ2v) is 4.68. The number of carbonyl (C=O) groups excluding carboxylic acids is 1. The predicted octanol–water partition coefficient (Wildman–Crippen LogP) is 3.24. The van der Waals surface area contributed by atoms with E-state index in [1.807, 2.05) is 66.3 Å². The maximum absolute atomic E-state index is 12.3. The lowest BCUT2D eigenvalue weighted by molar-refractivity contribution is -0.118. The third kappa shape index (κ3) is 2.28. The molecule has 20 heavy (non-hydrogen) atoms. The zero-order chi connectivity index (χ0) is 13.9. The lowest BCUT2D eigenvalue weighted by Gasteiger charge is -2.14. The standard InChI is InChI=1S/C16H15N3O/c1-12(19-10-2-3-11-19)16(20)18-14-8-4-6-13-7-5-9-17-15(13)14/h2-12H,1H3,(H,18,20)/t12-/m1/s1. The van der Waals surface area contributed by atoms with Gasteiger partial charge in [0, 0.05) is 24.0 Å². The molecule has 0 aliphatic heterocycles. The summed E-state index contributed by atoms with van der Waals surface area (Å²) in [6.45, 7) is 1.87. The summed E-state index contributed by atoms with van der Waals surface area (Å²) in [5.74, 6) is -0.0562. The van der Waals surface area contributed by atoms with Crippen molar-refractivity contribution in [2.75, 3.05) is 5.32 Å². The molecule has 4 nitrogen and oxygen atoms in total. The molecule has 0 fully saturated rings. The van der Waals surface area contributed by atoms with Gasteiger partial charge >= 0.3 is 0 Å². The number of hydrogen-bond donors (Lipinski definition) is 1. The van der Waals surface area contributed by atoms with Crippen molar-refractivity contribution in [2.24, 2.45) is 0 Å². The van der Waals surface area contributed by atoms with Gasteiger partial charge in [-0.15, -0.1) is 0 Å². The van der Waals surface area contributed by atoms with Gasteiger partial charge in [0.15, 0.2) is 0 Å². The van der Waals surface area contributed by atoms with Crippen molar-refractivity contribution < 1.29 is 4.79 Å². The molecular weight excluding hydrogens is 250 g/mol. The van der Waals surface area contributed by atoms with Crippen molar-refractivity contribution in [3.8, 4) is 0 Å². The van der Waals surface area contributed by atoms with E-state index in [2.05, 4.69) is 10.3 Å². The van der Waals surface area contributed by atoms with Crippen molar-refractivity contribution in [2.45, 2.75) is 13.0 Å². The van der Waals surface area contributed by atoms with Crippen LogP contribution in [0.1, 0.15) is 13.0 Å². The van der Waals surface area contributed by atoms with Crippen LogP contribution in [0.5, 0.6) is 0 Å². The Morgan fingerprint density at radius 2 is 1.90 bits per heavy atom. The maximum Gasteiger partial charge on any atom is 0.247 e. The number of amides is 1. The highest BCUT2D eigenvalue weighted by Gasteiger charge is 2.15. The quantitative estimate of drug-likeness (QED) is 0.790. The number of nitrogens with one attached hydrogen (secondary N) is 1. The van der Waals surface area contributed by atoms with Crippen LogP contribution in [0.15, 0.2) is 61.1 Å². The smallest absolute Gasteiger partial charge is 0.247 e. The fraction of sp³-hybridized carbons (Fsp3) is 0.125. The van der Waals surface area contributed by atoms with E-state index in [0.29, 0.717) is 0 Å². The average molecular weight is 265 g/mol. The monoisotopic (exact) mass is 265 g/mol. The Labute approximate surface area is 117 Å². The highest BCUT2D eigenvalue weighted by molar-refractivity contribution is 6.01. The number of para-hydroxylation sites is 1. The van der Waals surface area contributed by atoms with Crippen LogP contribution in [0.25, 0.3) is 10.9 Å². The van der Waals surface area contributed by atoms with Crippen molar-refractivity contribution >= 4 is 22.5 Å². The van der Waals surface area contributed by atoms with Crippen molar-refractivity contribution in [3.63, 3.8) is 0 Å². The van der Waals surface area contributed by atoms with Crippen LogP contribution in [0, 0.1) is 0 Å². The van der Waals surface area contributed by atoms with Crippen LogP contribution in [0.2, 0.25) is 0 Å². The fourth-order valence-electron chi connectivity index (χ4n) is 2.18. The molecule has 0 aliphatic carbocycles. The first-order valence-corrected chi connectivity index (χ1v) is 6.53. The summed E-state index contributed by atoms with van der Waals surface area (Å²) in [4.78, 5) is 16.6. The molecule has 0 spiro atoms. The lowest BCUT2D eigenvalue weighted by atomic mass is 10.2. The second kappa shape index (κ2) is 5.17. The third-order valence-corrected chi connectivity index (χ3v) is 3.34. The molecule has 1 atom stereocenters. The van der Waals surface area contributed by atoms with Gasteiger partial charge in [-0.25, -0.2) is 0 Å².